The number of rotatable bonds is 7. The summed E-state index contributed by atoms with van der Waals surface area (Å²) in [7, 11) is 1.58. The molecule has 0 unspecified atom stereocenters. The normalized spacial score (nSPS) is 11.1. The highest BCUT2D eigenvalue weighted by atomic mass is 35.5. The number of H-pyrrole nitrogens is 1. The van der Waals surface area contributed by atoms with E-state index in [4.69, 9.17) is 16.3 Å². The molecule has 3 heterocycles. The van der Waals surface area contributed by atoms with Crippen molar-refractivity contribution >= 4 is 40.5 Å². The van der Waals surface area contributed by atoms with Gasteiger partial charge in [0.25, 0.3) is 0 Å². The number of benzene rings is 1. The number of Topliss-reactive ketones (excluding diaryl/α,β-unsaturated/α-hetero) is 1. The maximum atomic E-state index is 12.8. The van der Waals surface area contributed by atoms with Gasteiger partial charge in [0, 0.05) is 33.6 Å². The van der Waals surface area contributed by atoms with Crippen LogP contribution < -0.4 is 4.74 Å². The lowest BCUT2D eigenvalue weighted by Gasteiger charge is -2.05. The van der Waals surface area contributed by atoms with Gasteiger partial charge in [-0.1, -0.05) is 23.4 Å². The van der Waals surface area contributed by atoms with Crippen molar-refractivity contribution in [2.45, 2.75) is 19.0 Å². The summed E-state index contributed by atoms with van der Waals surface area (Å²) in [5.41, 5.74) is 3.25. The molecule has 0 fully saturated rings. The standard InChI is InChI=1S/C20H18ClN5O2S2/c1-11-8-14(12(2)26(11)20-22-6-7-29-20)16(27)10-30-19-23-18(24-25-19)15-9-13(21)4-5-17(15)28-3/h4-9H,10H2,1-3H3,(H,23,24,25). The molecule has 0 radical (unpaired) electrons. The Balaban J connectivity index is 1.50. The van der Waals surface area contributed by atoms with Crippen molar-refractivity contribution in [1.29, 1.82) is 0 Å². The third-order valence-corrected chi connectivity index (χ3v) is 6.40. The first kappa shape index (κ1) is 20.6. The third-order valence-electron chi connectivity index (χ3n) is 4.56. The fourth-order valence-corrected chi connectivity index (χ4v) is 4.78. The second-order valence-corrected chi connectivity index (χ2v) is 8.71. The summed E-state index contributed by atoms with van der Waals surface area (Å²) < 4.78 is 7.36. The van der Waals surface area contributed by atoms with Crippen LogP contribution in [0.3, 0.4) is 0 Å². The number of nitrogens with zero attached hydrogens (tertiary/aromatic N) is 4. The van der Waals surface area contributed by atoms with Crippen molar-refractivity contribution in [3.8, 4) is 22.3 Å². The Labute approximate surface area is 186 Å². The molecule has 0 aliphatic rings. The molecule has 0 spiro atoms. The molecule has 1 N–H and O–H groups in total. The lowest BCUT2D eigenvalue weighted by molar-refractivity contribution is 0.102. The topological polar surface area (TPSA) is 85.7 Å². The van der Waals surface area contributed by atoms with Gasteiger partial charge in [-0.3, -0.25) is 14.5 Å². The molecule has 1 aromatic carbocycles. The van der Waals surface area contributed by atoms with Gasteiger partial charge in [-0.15, -0.1) is 16.4 Å². The third kappa shape index (κ3) is 4.00. The van der Waals surface area contributed by atoms with Gasteiger partial charge in [-0.25, -0.2) is 9.97 Å². The molecule has 154 valence electrons. The highest BCUT2D eigenvalue weighted by molar-refractivity contribution is 7.99. The van der Waals surface area contributed by atoms with Gasteiger partial charge in [0.2, 0.25) is 5.16 Å². The number of carbonyl (C=O) groups excluding carboxylic acids is 1. The zero-order valence-electron chi connectivity index (χ0n) is 16.5. The predicted octanol–water partition coefficient (Wildman–Crippen LogP) is 4.97. The molecule has 30 heavy (non-hydrogen) atoms. The quantitative estimate of drug-likeness (QED) is 0.310. The van der Waals surface area contributed by atoms with Crippen molar-refractivity contribution in [2.75, 3.05) is 12.9 Å². The summed E-state index contributed by atoms with van der Waals surface area (Å²) in [5, 5.41) is 10.9. The maximum Gasteiger partial charge on any atom is 0.209 e. The van der Waals surface area contributed by atoms with Gasteiger partial charge in [-0.2, -0.15) is 0 Å². The van der Waals surface area contributed by atoms with Crippen LogP contribution in [0.5, 0.6) is 5.75 Å². The predicted molar refractivity (Wildman–Crippen MR) is 119 cm³/mol. The van der Waals surface area contributed by atoms with Crippen LogP contribution >= 0.6 is 34.7 Å². The van der Waals surface area contributed by atoms with Gasteiger partial charge in [0.15, 0.2) is 16.7 Å². The van der Waals surface area contributed by atoms with Gasteiger partial charge in [0.05, 0.1) is 18.4 Å². The van der Waals surface area contributed by atoms with E-state index in [-0.39, 0.29) is 11.5 Å². The number of thiazole rings is 1. The molecule has 0 aliphatic heterocycles. The summed E-state index contributed by atoms with van der Waals surface area (Å²) in [5.74, 6) is 1.42. The van der Waals surface area contributed by atoms with Crippen LogP contribution in [0, 0.1) is 13.8 Å². The van der Waals surface area contributed by atoms with Gasteiger partial charge < -0.3 is 4.74 Å². The van der Waals surface area contributed by atoms with E-state index in [0.29, 0.717) is 32.9 Å². The summed E-state index contributed by atoms with van der Waals surface area (Å²) in [6, 6.07) is 7.18. The molecular weight excluding hydrogens is 442 g/mol. The van der Waals surface area contributed by atoms with E-state index in [1.165, 1.54) is 23.1 Å². The molecule has 4 aromatic rings. The van der Waals surface area contributed by atoms with Crippen LogP contribution in [0.1, 0.15) is 21.7 Å². The molecule has 0 bridgehead atoms. The number of hydrogen-bond acceptors (Lipinski definition) is 7. The number of methoxy groups -OCH3 is 1. The lowest BCUT2D eigenvalue weighted by Crippen LogP contribution is -2.05. The van der Waals surface area contributed by atoms with Crippen LogP contribution in [-0.2, 0) is 0 Å². The van der Waals surface area contributed by atoms with Crippen LogP contribution in [0.2, 0.25) is 5.02 Å². The molecule has 0 saturated carbocycles. The molecule has 3 aromatic heterocycles. The smallest absolute Gasteiger partial charge is 0.209 e. The first-order chi connectivity index (χ1) is 14.5. The fourth-order valence-electron chi connectivity index (χ4n) is 3.17. The number of aromatic amines is 1. The molecule has 10 heteroatoms. The van der Waals surface area contributed by atoms with Crippen LogP contribution in [0.15, 0.2) is 41.0 Å². The Hall–Kier alpha value is -2.62. The maximum absolute atomic E-state index is 12.8. The van der Waals surface area contributed by atoms with Crippen LogP contribution in [0.25, 0.3) is 16.5 Å². The van der Waals surface area contributed by atoms with Crippen molar-refractivity contribution in [2.24, 2.45) is 0 Å². The molecular formula is C20H18ClN5O2S2. The largest absolute Gasteiger partial charge is 0.496 e. The van der Waals surface area contributed by atoms with Gasteiger partial charge >= 0.3 is 0 Å². The van der Waals surface area contributed by atoms with E-state index in [0.717, 1.165) is 16.5 Å². The van der Waals surface area contributed by atoms with Crippen molar-refractivity contribution in [3.05, 3.63) is 57.8 Å². The van der Waals surface area contributed by atoms with Crippen molar-refractivity contribution in [1.82, 2.24) is 24.7 Å². The number of aromatic nitrogens is 5. The Morgan fingerprint density at radius 3 is 2.90 bits per heavy atom. The first-order valence-corrected chi connectivity index (χ1v) is 11.2. The van der Waals surface area contributed by atoms with E-state index < -0.39 is 0 Å². The zero-order valence-corrected chi connectivity index (χ0v) is 18.9. The number of aryl methyl sites for hydroxylation is 1. The molecule has 0 amide bonds. The number of nitrogens with one attached hydrogen (secondary N) is 1. The minimum Gasteiger partial charge on any atom is -0.496 e. The summed E-state index contributed by atoms with van der Waals surface area (Å²) in [6.45, 7) is 3.90. The summed E-state index contributed by atoms with van der Waals surface area (Å²) in [4.78, 5) is 21.7. The van der Waals surface area contributed by atoms with Gasteiger partial charge in [-0.05, 0) is 38.1 Å². The summed E-state index contributed by atoms with van der Waals surface area (Å²) in [6.07, 6.45) is 1.76. The number of halogens is 1. The summed E-state index contributed by atoms with van der Waals surface area (Å²) >= 11 is 8.91. The Kier molecular flexibility index (Phi) is 5.94. The number of hydrogen-bond donors (Lipinski definition) is 1. The number of ketones is 1. The van der Waals surface area contributed by atoms with Gasteiger partial charge in [0.1, 0.15) is 5.75 Å². The molecule has 4 rings (SSSR count). The van der Waals surface area contributed by atoms with E-state index in [1.807, 2.05) is 29.9 Å². The van der Waals surface area contributed by atoms with E-state index in [1.54, 1.807) is 31.5 Å². The fraction of sp³-hybridized carbons (Fsp3) is 0.200. The molecule has 0 aliphatic carbocycles. The Bertz CT molecular complexity index is 1200. The number of thioether (sulfide) groups is 1. The average molecular weight is 460 g/mol. The Morgan fingerprint density at radius 1 is 1.33 bits per heavy atom. The average Bonchev–Trinajstić information content (AvgIpc) is 3.47. The minimum atomic E-state index is 0.0163. The minimum absolute atomic E-state index is 0.0163. The molecule has 0 atom stereocenters. The number of ether oxygens (including phenoxy) is 1. The zero-order chi connectivity index (χ0) is 21.3. The molecule has 0 saturated heterocycles. The number of carbonyl (C=O) groups is 1. The lowest BCUT2D eigenvalue weighted by atomic mass is 10.2. The van der Waals surface area contributed by atoms with Crippen molar-refractivity contribution < 1.29 is 9.53 Å². The molecule has 7 nitrogen and oxygen atoms in total. The van der Waals surface area contributed by atoms with E-state index in [9.17, 15) is 4.79 Å². The monoisotopic (exact) mass is 459 g/mol. The SMILES string of the molecule is COc1ccc(Cl)cc1-c1nc(SCC(=O)c2cc(C)n(-c3nccs3)c2C)n[nH]1. The van der Waals surface area contributed by atoms with E-state index >= 15 is 0 Å². The van der Waals surface area contributed by atoms with Crippen molar-refractivity contribution in [3.63, 3.8) is 0 Å². The highest BCUT2D eigenvalue weighted by Crippen LogP contribution is 2.31. The first-order valence-electron chi connectivity index (χ1n) is 8.99. The Morgan fingerprint density at radius 2 is 2.17 bits per heavy atom. The van der Waals surface area contributed by atoms with Crippen LogP contribution in [-0.4, -0.2) is 43.4 Å². The second kappa shape index (κ2) is 8.63. The van der Waals surface area contributed by atoms with E-state index in [2.05, 4.69) is 20.2 Å². The second-order valence-electron chi connectivity index (χ2n) is 6.46. The highest BCUT2D eigenvalue weighted by Gasteiger charge is 2.19. The van der Waals surface area contributed by atoms with Crippen LogP contribution in [0.4, 0.5) is 0 Å².